The average Bonchev–Trinajstić information content (AvgIpc) is 2.18. The van der Waals surface area contributed by atoms with E-state index in [0.717, 1.165) is 24.8 Å². The molecule has 1 atom stereocenters. The number of rotatable bonds is 1. The zero-order valence-electron chi connectivity index (χ0n) is 6.92. The van der Waals surface area contributed by atoms with E-state index in [0.29, 0.717) is 0 Å². The minimum absolute atomic E-state index is 0.199. The number of hydrogen-bond acceptors (Lipinski definition) is 1. The van der Waals surface area contributed by atoms with E-state index in [1.807, 2.05) is 6.08 Å². The molecule has 0 aromatic rings. The first kappa shape index (κ1) is 8.54. The van der Waals surface area contributed by atoms with Crippen molar-refractivity contribution in [2.75, 3.05) is 0 Å². The Bertz CT molecular complexity index is 158. The van der Waals surface area contributed by atoms with E-state index < -0.39 is 0 Å². The molecule has 1 N–H and O–H groups in total. The third-order valence-corrected chi connectivity index (χ3v) is 2.20. The fourth-order valence-corrected chi connectivity index (χ4v) is 1.54. The molecule has 1 unspecified atom stereocenters. The van der Waals surface area contributed by atoms with E-state index in [2.05, 4.69) is 6.58 Å². The van der Waals surface area contributed by atoms with Gasteiger partial charge in [-0.2, -0.15) is 0 Å². The highest BCUT2D eigenvalue weighted by Crippen LogP contribution is 2.22. The van der Waals surface area contributed by atoms with Crippen molar-refractivity contribution in [1.29, 1.82) is 0 Å². The summed E-state index contributed by atoms with van der Waals surface area (Å²) in [7, 11) is 0. The molecule has 1 saturated carbocycles. The third-order valence-electron chi connectivity index (χ3n) is 2.20. The molecule has 0 spiro atoms. The van der Waals surface area contributed by atoms with Gasteiger partial charge in [0, 0.05) is 0 Å². The van der Waals surface area contributed by atoms with E-state index in [9.17, 15) is 5.11 Å². The van der Waals surface area contributed by atoms with E-state index in [4.69, 9.17) is 0 Å². The average molecular weight is 152 g/mol. The van der Waals surface area contributed by atoms with E-state index in [-0.39, 0.29) is 6.10 Å². The zero-order chi connectivity index (χ0) is 8.10. The first-order valence-electron chi connectivity index (χ1n) is 4.34. The standard InChI is InChI=1S/C10H16O/c1-2-6-9-7-4-3-5-8-10(9)11/h2,6,10-11H,1,3-5,7-8H2/b9-6+. The van der Waals surface area contributed by atoms with Crippen LogP contribution in [0.2, 0.25) is 0 Å². The molecule has 0 heterocycles. The normalized spacial score (nSPS) is 29.9. The maximum absolute atomic E-state index is 9.56. The van der Waals surface area contributed by atoms with Crippen molar-refractivity contribution in [1.82, 2.24) is 0 Å². The molecule has 1 rings (SSSR count). The highest BCUT2D eigenvalue weighted by molar-refractivity contribution is 5.15. The van der Waals surface area contributed by atoms with E-state index >= 15 is 0 Å². The summed E-state index contributed by atoms with van der Waals surface area (Å²) >= 11 is 0. The van der Waals surface area contributed by atoms with Gasteiger partial charge in [-0.25, -0.2) is 0 Å². The number of aliphatic hydroxyl groups is 1. The van der Waals surface area contributed by atoms with Crippen LogP contribution in [-0.2, 0) is 0 Å². The topological polar surface area (TPSA) is 20.2 Å². The van der Waals surface area contributed by atoms with Crippen molar-refractivity contribution < 1.29 is 5.11 Å². The summed E-state index contributed by atoms with van der Waals surface area (Å²) in [4.78, 5) is 0. The fourth-order valence-electron chi connectivity index (χ4n) is 1.54. The second-order valence-electron chi connectivity index (χ2n) is 3.09. The molecule has 1 heteroatoms. The van der Waals surface area contributed by atoms with Crippen LogP contribution in [0.15, 0.2) is 24.3 Å². The Kier molecular flexibility index (Phi) is 3.37. The largest absolute Gasteiger partial charge is 0.389 e. The number of hydrogen-bond donors (Lipinski definition) is 1. The van der Waals surface area contributed by atoms with Crippen LogP contribution in [0.5, 0.6) is 0 Å². The fraction of sp³-hybridized carbons (Fsp3) is 0.600. The van der Waals surface area contributed by atoms with Crippen molar-refractivity contribution in [3.05, 3.63) is 24.3 Å². The minimum Gasteiger partial charge on any atom is -0.389 e. The zero-order valence-corrected chi connectivity index (χ0v) is 6.92. The van der Waals surface area contributed by atoms with Crippen molar-refractivity contribution in [3.8, 4) is 0 Å². The molecule has 0 amide bonds. The van der Waals surface area contributed by atoms with E-state index in [1.54, 1.807) is 6.08 Å². The van der Waals surface area contributed by atoms with Gasteiger partial charge in [0.05, 0.1) is 6.10 Å². The molecule has 11 heavy (non-hydrogen) atoms. The summed E-state index contributed by atoms with van der Waals surface area (Å²) < 4.78 is 0. The monoisotopic (exact) mass is 152 g/mol. The van der Waals surface area contributed by atoms with Gasteiger partial charge in [-0.3, -0.25) is 0 Å². The Hall–Kier alpha value is -0.560. The van der Waals surface area contributed by atoms with Gasteiger partial charge in [0.1, 0.15) is 0 Å². The lowest BCUT2D eigenvalue weighted by Gasteiger charge is -2.09. The van der Waals surface area contributed by atoms with Gasteiger partial charge in [0.25, 0.3) is 0 Å². The van der Waals surface area contributed by atoms with Crippen LogP contribution in [0.1, 0.15) is 32.1 Å². The molecule has 1 aliphatic carbocycles. The Labute approximate surface area is 68.4 Å². The lowest BCUT2D eigenvalue weighted by molar-refractivity contribution is 0.199. The maximum Gasteiger partial charge on any atom is 0.0753 e. The number of aliphatic hydroxyl groups excluding tert-OH is 1. The Morgan fingerprint density at radius 1 is 1.36 bits per heavy atom. The number of allylic oxidation sites excluding steroid dienone is 2. The van der Waals surface area contributed by atoms with Crippen molar-refractivity contribution >= 4 is 0 Å². The van der Waals surface area contributed by atoms with Crippen LogP contribution in [-0.4, -0.2) is 11.2 Å². The van der Waals surface area contributed by atoms with Gasteiger partial charge in [-0.15, -0.1) is 0 Å². The Morgan fingerprint density at radius 3 is 2.91 bits per heavy atom. The lowest BCUT2D eigenvalue weighted by Crippen LogP contribution is -2.07. The highest BCUT2D eigenvalue weighted by Gasteiger charge is 2.12. The minimum atomic E-state index is -0.199. The van der Waals surface area contributed by atoms with Crippen LogP contribution in [0, 0.1) is 0 Å². The van der Waals surface area contributed by atoms with Gasteiger partial charge in [-0.1, -0.05) is 31.6 Å². The predicted octanol–water partition coefficient (Wildman–Crippen LogP) is 2.42. The predicted molar refractivity (Wildman–Crippen MR) is 47.4 cm³/mol. The molecule has 1 aliphatic rings. The van der Waals surface area contributed by atoms with Crippen LogP contribution in [0.4, 0.5) is 0 Å². The molecule has 0 saturated heterocycles. The van der Waals surface area contributed by atoms with Crippen LogP contribution < -0.4 is 0 Å². The summed E-state index contributed by atoms with van der Waals surface area (Å²) in [6, 6.07) is 0. The molecular weight excluding hydrogens is 136 g/mol. The highest BCUT2D eigenvalue weighted by atomic mass is 16.3. The van der Waals surface area contributed by atoms with Gasteiger partial charge in [0.2, 0.25) is 0 Å². The lowest BCUT2D eigenvalue weighted by atomic mass is 10.1. The van der Waals surface area contributed by atoms with Crippen molar-refractivity contribution in [2.45, 2.75) is 38.2 Å². The van der Waals surface area contributed by atoms with Crippen LogP contribution in [0.3, 0.4) is 0 Å². The molecule has 0 bridgehead atoms. The van der Waals surface area contributed by atoms with Crippen LogP contribution in [0.25, 0.3) is 0 Å². The smallest absolute Gasteiger partial charge is 0.0753 e. The quantitative estimate of drug-likeness (QED) is 0.572. The van der Waals surface area contributed by atoms with Gasteiger partial charge in [0.15, 0.2) is 0 Å². The summed E-state index contributed by atoms with van der Waals surface area (Å²) in [5.74, 6) is 0. The Balaban J connectivity index is 2.58. The Morgan fingerprint density at radius 2 is 2.18 bits per heavy atom. The molecule has 0 aromatic carbocycles. The first-order chi connectivity index (χ1) is 5.34. The first-order valence-corrected chi connectivity index (χ1v) is 4.34. The van der Waals surface area contributed by atoms with Crippen LogP contribution >= 0.6 is 0 Å². The van der Waals surface area contributed by atoms with Crippen molar-refractivity contribution in [2.24, 2.45) is 0 Å². The molecule has 0 aliphatic heterocycles. The van der Waals surface area contributed by atoms with E-state index in [1.165, 1.54) is 12.8 Å². The molecule has 0 radical (unpaired) electrons. The van der Waals surface area contributed by atoms with Gasteiger partial charge >= 0.3 is 0 Å². The second kappa shape index (κ2) is 4.35. The second-order valence-corrected chi connectivity index (χ2v) is 3.09. The molecule has 1 fully saturated rings. The summed E-state index contributed by atoms with van der Waals surface area (Å²) in [6.45, 7) is 3.63. The molecular formula is C10H16O. The van der Waals surface area contributed by atoms with Crippen molar-refractivity contribution in [3.63, 3.8) is 0 Å². The SMILES string of the molecule is C=C/C=C1\CCCCCC1O. The summed E-state index contributed by atoms with van der Waals surface area (Å²) in [6.07, 6.45) is 9.14. The maximum atomic E-state index is 9.56. The summed E-state index contributed by atoms with van der Waals surface area (Å²) in [5, 5.41) is 9.56. The molecule has 1 nitrogen and oxygen atoms in total. The van der Waals surface area contributed by atoms with Gasteiger partial charge < -0.3 is 5.11 Å². The summed E-state index contributed by atoms with van der Waals surface area (Å²) in [5.41, 5.74) is 1.16. The third kappa shape index (κ3) is 2.51. The molecule has 62 valence electrons. The van der Waals surface area contributed by atoms with Gasteiger partial charge in [-0.05, 0) is 24.8 Å². The molecule has 0 aromatic heterocycles.